The fourth-order valence-electron chi connectivity index (χ4n) is 1.58. The zero-order valence-corrected chi connectivity index (χ0v) is 11.4. The number of hydrogen-bond donors (Lipinski definition) is 2. The first-order chi connectivity index (χ1) is 9.13. The lowest BCUT2D eigenvalue weighted by Crippen LogP contribution is -2.24. The van der Waals surface area contributed by atoms with Crippen LogP contribution in [-0.2, 0) is 9.53 Å². The highest BCUT2D eigenvalue weighted by Crippen LogP contribution is 2.09. The average molecular weight is 264 g/mol. The Morgan fingerprint density at radius 1 is 1.16 bits per heavy atom. The van der Waals surface area contributed by atoms with E-state index in [0.29, 0.717) is 24.4 Å². The Labute approximate surface area is 113 Å². The van der Waals surface area contributed by atoms with Gasteiger partial charge < -0.3 is 15.4 Å². The Kier molecular flexibility index (Phi) is 6.60. The van der Waals surface area contributed by atoms with Crippen LogP contribution in [0.1, 0.15) is 30.1 Å². The van der Waals surface area contributed by atoms with Crippen molar-refractivity contribution in [3.63, 3.8) is 0 Å². The molecule has 0 aliphatic carbocycles. The van der Waals surface area contributed by atoms with Crippen LogP contribution in [0.4, 0.5) is 5.69 Å². The van der Waals surface area contributed by atoms with Gasteiger partial charge in [0.05, 0.1) is 0 Å². The normalized spacial score (nSPS) is 10.0. The molecule has 0 aliphatic heterocycles. The summed E-state index contributed by atoms with van der Waals surface area (Å²) >= 11 is 0. The van der Waals surface area contributed by atoms with Gasteiger partial charge in [-0.3, -0.25) is 9.59 Å². The lowest BCUT2D eigenvalue weighted by Gasteiger charge is -2.06. The molecule has 0 saturated carbocycles. The number of rotatable bonds is 7. The van der Waals surface area contributed by atoms with Gasteiger partial charge in [0.15, 0.2) is 0 Å². The molecule has 0 heterocycles. The summed E-state index contributed by atoms with van der Waals surface area (Å²) in [6, 6.07) is 6.80. The molecule has 0 unspecified atom stereocenters. The molecule has 0 radical (unpaired) electrons. The molecule has 0 spiro atoms. The predicted molar refractivity (Wildman–Crippen MR) is 74.2 cm³/mol. The summed E-state index contributed by atoms with van der Waals surface area (Å²) in [6.45, 7) is 2.79. The standard InChI is InChI=1S/C14H20N2O3/c1-11(17)16-13-7-5-12(6-8-13)14(18)15-9-3-4-10-19-2/h5-8H,3-4,9-10H2,1-2H3,(H,15,18)(H,16,17). The maximum atomic E-state index is 11.8. The van der Waals surface area contributed by atoms with Crippen molar-refractivity contribution in [1.29, 1.82) is 0 Å². The number of carbonyl (C=O) groups is 2. The number of methoxy groups -OCH3 is 1. The van der Waals surface area contributed by atoms with Crippen molar-refractivity contribution in [3.8, 4) is 0 Å². The van der Waals surface area contributed by atoms with Gasteiger partial charge >= 0.3 is 0 Å². The molecule has 0 atom stereocenters. The highest BCUT2D eigenvalue weighted by Gasteiger charge is 2.04. The second-order valence-electron chi connectivity index (χ2n) is 4.21. The van der Waals surface area contributed by atoms with Gasteiger partial charge in [0.25, 0.3) is 5.91 Å². The Bertz CT molecular complexity index is 415. The molecule has 0 fully saturated rings. The van der Waals surface area contributed by atoms with Gasteiger partial charge in [0.1, 0.15) is 0 Å². The zero-order valence-electron chi connectivity index (χ0n) is 11.4. The first-order valence-corrected chi connectivity index (χ1v) is 6.28. The zero-order chi connectivity index (χ0) is 14.1. The Morgan fingerprint density at radius 2 is 1.84 bits per heavy atom. The Balaban J connectivity index is 2.38. The van der Waals surface area contributed by atoms with E-state index in [9.17, 15) is 9.59 Å². The van der Waals surface area contributed by atoms with E-state index in [1.54, 1.807) is 31.4 Å². The molecule has 2 amide bonds. The van der Waals surface area contributed by atoms with Crippen LogP contribution >= 0.6 is 0 Å². The van der Waals surface area contributed by atoms with E-state index >= 15 is 0 Å². The monoisotopic (exact) mass is 264 g/mol. The van der Waals surface area contributed by atoms with Crippen molar-refractivity contribution in [2.75, 3.05) is 25.6 Å². The van der Waals surface area contributed by atoms with Gasteiger partial charge in [-0.25, -0.2) is 0 Å². The van der Waals surface area contributed by atoms with E-state index < -0.39 is 0 Å². The molecule has 5 heteroatoms. The van der Waals surface area contributed by atoms with Crippen LogP contribution in [0.5, 0.6) is 0 Å². The third-order valence-electron chi connectivity index (χ3n) is 2.53. The fourth-order valence-corrected chi connectivity index (χ4v) is 1.58. The summed E-state index contributed by atoms with van der Waals surface area (Å²) in [5, 5.41) is 5.49. The van der Waals surface area contributed by atoms with Crippen molar-refractivity contribution in [2.24, 2.45) is 0 Å². The van der Waals surface area contributed by atoms with Gasteiger partial charge in [0, 0.05) is 38.4 Å². The molecule has 0 bridgehead atoms. The molecule has 1 rings (SSSR count). The minimum Gasteiger partial charge on any atom is -0.385 e. The topological polar surface area (TPSA) is 67.4 Å². The van der Waals surface area contributed by atoms with Crippen LogP contribution in [0, 0.1) is 0 Å². The summed E-state index contributed by atoms with van der Waals surface area (Å²) in [4.78, 5) is 22.6. The molecule has 2 N–H and O–H groups in total. The van der Waals surface area contributed by atoms with Crippen LogP contribution in [0.25, 0.3) is 0 Å². The summed E-state index contributed by atoms with van der Waals surface area (Å²) in [6.07, 6.45) is 1.82. The van der Waals surface area contributed by atoms with Gasteiger partial charge in [0.2, 0.25) is 5.91 Å². The maximum Gasteiger partial charge on any atom is 0.251 e. The summed E-state index contributed by atoms with van der Waals surface area (Å²) in [7, 11) is 1.66. The summed E-state index contributed by atoms with van der Waals surface area (Å²) < 4.78 is 4.93. The van der Waals surface area contributed by atoms with E-state index in [0.717, 1.165) is 12.8 Å². The maximum absolute atomic E-state index is 11.8. The third-order valence-corrected chi connectivity index (χ3v) is 2.53. The van der Waals surface area contributed by atoms with Gasteiger partial charge in [-0.15, -0.1) is 0 Å². The molecule has 0 aromatic heterocycles. The summed E-state index contributed by atoms with van der Waals surface area (Å²) in [5.41, 5.74) is 1.27. The number of benzene rings is 1. The third kappa shape index (κ3) is 6.01. The first-order valence-electron chi connectivity index (χ1n) is 6.28. The van der Waals surface area contributed by atoms with E-state index in [1.165, 1.54) is 6.92 Å². The SMILES string of the molecule is COCCCCNC(=O)c1ccc(NC(C)=O)cc1. The largest absolute Gasteiger partial charge is 0.385 e. The molecule has 0 saturated heterocycles. The quantitative estimate of drug-likeness (QED) is 0.738. The van der Waals surface area contributed by atoms with Gasteiger partial charge in [-0.05, 0) is 37.1 Å². The van der Waals surface area contributed by atoms with Crippen molar-refractivity contribution in [3.05, 3.63) is 29.8 Å². The summed E-state index contributed by atoms with van der Waals surface area (Å²) in [5.74, 6) is -0.234. The minimum atomic E-state index is -0.129. The highest BCUT2D eigenvalue weighted by molar-refractivity contribution is 5.95. The van der Waals surface area contributed by atoms with Crippen LogP contribution in [0.15, 0.2) is 24.3 Å². The van der Waals surface area contributed by atoms with E-state index in [2.05, 4.69) is 10.6 Å². The predicted octanol–water partition coefficient (Wildman–Crippen LogP) is 1.80. The number of hydrogen-bond acceptors (Lipinski definition) is 3. The van der Waals surface area contributed by atoms with E-state index in [-0.39, 0.29) is 11.8 Å². The van der Waals surface area contributed by atoms with E-state index in [1.807, 2.05) is 0 Å². The Morgan fingerprint density at radius 3 is 2.42 bits per heavy atom. The molecular weight excluding hydrogens is 244 g/mol. The molecule has 1 aromatic rings. The van der Waals surface area contributed by atoms with Crippen molar-refractivity contribution >= 4 is 17.5 Å². The number of carbonyl (C=O) groups excluding carboxylic acids is 2. The van der Waals surface area contributed by atoms with Crippen LogP contribution < -0.4 is 10.6 Å². The number of nitrogens with one attached hydrogen (secondary N) is 2. The molecule has 0 aliphatic rings. The lowest BCUT2D eigenvalue weighted by molar-refractivity contribution is -0.114. The average Bonchev–Trinajstić information content (AvgIpc) is 2.38. The second-order valence-corrected chi connectivity index (χ2v) is 4.21. The van der Waals surface area contributed by atoms with Crippen LogP contribution in [-0.4, -0.2) is 32.1 Å². The van der Waals surface area contributed by atoms with Crippen molar-refractivity contribution < 1.29 is 14.3 Å². The fraction of sp³-hybridized carbons (Fsp3) is 0.429. The number of ether oxygens (including phenoxy) is 1. The van der Waals surface area contributed by atoms with Crippen LogP contribution in [0.3, 0.4) is 0 Å². The highest BCUT2D eigenvalue weighted by atomic mass is 16.5. The molecule has 5 nitrogen and oxygen atoms in total. The smallest absolute Gasteiger partial charge is 0.251 e. The minimum absolute atomic E-state index is 0.105. The molecule has 1 aromatic carbocycles. The number of amides is 2. The van der Waals surface area contributed by atoms with Gasteiger partial charge in [-0.1, -0.05) is 0 Å². The van der Waals surface area contributed by atoms with Crippen molar-refractivity contribution in [2.45, 2.75) is 19.8 Å². The molecule has 104 valence electrons. The van der Waals surface area contributed by atoms with Crippen LogP contribution in [0.2, 0.25) is 0 Å². The second kappa shape index (κ2) is 8.26. The van der Waals surface area contributed by atoms with Crippen molar-refractivity contribution in [1.82, 2.24) is 5.32 Å². The van der Waals surface area contributed by atoms with E-state index in [4.69, 9.17) is 4.74 Å². The molecular formula is C14H20N2O3. The number of anilines is 1. The molecule has 19 heavy (non-hydrogen) atoms. The number of unbranched alkanes of at least 4 members (excludes halogenated alkanes) is 1. The first kappa shape index (κ1) is 15.2. The Hall–Kier alpha value is -1.88. The lowest BCUT2D eigenvalue weighted by atomic mass is 10.2. The van der Waals surface area contributed by atoms with Gasteiger partial charge in [-0.2, -0.15) is 0 Å².